The van der Waals surface area contributed by atoms with Crippen molar-refractivity contribution < 1.29 is 28.5 Å². The highest BCUT2D eigenvalue weighted by Gasteiger charge is 2.33. The highest BCUT2D eigenvalue weighted by atomic mass is 16.6. The SMILES string of the molecule is COc1ccc(CC2c3cc(OC)c(OC)cc3CCN2C(=O)OCc2ccccc2)cc1OC. The van der Waals surface area contributed by atoms with Crippen LogP contribution in [0.2, 0.25) is 0 Å². The lowest BCUT2D eigenvalue weighted by atomic mass is 9.88. The van der Waals surface area contributed by atoms with E-state index < -0.39 is 0 Å². The number of benzene rings is 3. The van der Waals surface area contributed by atoms with Gasteiger partial charge in [-0.15, -0.1) is 0 Å². The monoisotopic (exact) mass is 477 g/mol. The number of carbonyl (C=O) groups excluding carboxylic acids is 1. The van der Waals surface area contributed by atoms with E-state index in [1.54, 1.807) is 33.3 Å². The summed E-state index contributed by atoms with van der Waals surface area (Å²) in [6.45, 7) is 0.756. The second-order valence-electron chi connectivity index (χ2n) is 8.30. The standard InChI is InChI=1S/C28H31NO6/c1-31-24-11-10-20(15-25(24)32-2)14-23-22-17-27(34-4)26(33-3)16-21(22)12-13-29(23)28(30)35-18-19-8-6-5-7-9-19/h5-11,15-17,23H,12-14,18H2,1-4H3. The molecule has 0 saturated carbocycles. The van der Waals surface area contributed by atoms with Crippen molar-refractivity contribution in [3.63, 3.8) is 0 Å². The fourth-order valence-electron chi connectivity index (χ4n) is 4.50. The molecule has 7 heteroatoms. The van der Waals surface area contributed by atoms with E-state index in [2.05, 4.69) is 0 Å². The molecular weight excluding hydrogens is 446 g/mol. The first kappa shape index (κ1) is 24.3. The van der Waals surface area contributed by atoms with Crippen LogP contribution in [0.25, 0.3) is 0 Å². The van der Waals surface area contributed by atoms with Crippen LogP contribution in [0.1, 0.15) is 28.3 Å². The van der Waals surface area contributed by atoms with Crippen molar-refractivity contribution in [1.82, 2.24) is 4.90 Å². The predicted octanol–water partition coefficient (Wildman–Crippen LogP) is 5.20. The molecule has 35 heavy (non-hydrogen) atoms. The molecule has 3 aromatic rings. The van der Waals surface area contributed by atoms with Crippen LogP contribution in [0.15, 0.2) is 60.7 Å². The average Bonchev–Trinajstić information content (AvgIpc) is 2.91. The average molecular weight is 478 g/mol. The number of nitrogens with zero attached hydrogens (tertiary/aromatic N) is 1. The first-order valence-corrected chi connectivity index (χ1v) is 11.5. The van der Waals surface area contributed by atoms with E-state index in [0.717, 1.165) is 22.3 Å². The van der Waals surface area contributed by atoms with Gasteiger partial charge in [0.05, 0.1) is 34.5 Å². The molecular formula is C28H31NO6. The second-order valence-corrected chi connectivity index (χ2v) is 8.30. The number of amides is 1. The van der Waals surface area contributed by atoms with Crippen LogP contribution >= 0.6 is 0 Å². The molecule has 0 saturated heterocycles. The third-order valence-corrected chi connectivity index (χ3v) is 6.32. The van der Waals surface area contributed by atoms with E-state index in [1.165, 1.54) is 0 Å². The fourth-order valence-corrected chi connectivity index (χ4v) is 4.50. The van der Waals surface area contributed by atoms with E-state index in [1.807, 2.05) is 60.7 Å². The fraction of sp³-hybridized carbons (Fsp3) is 0.321. The molecule has 0 aromatic heterocycles. The molecule has 1 unspecified atom stereocenters. The number of hydrogen-bond donors (Lipinski definition) is 0. The minimum Gasteiger partial charge on any atom is -0.493 e. The van der Waals surface area contributed by atoms with E-state index in [9.17, 15) is 4.79 Å². The Balaban J connectivity index is 1.67. The molecule has 0 radical (unpaired) electrons. The van der Waals surface area contributed by atoms with Crippen LogP contribution in [-0.2, 0) is 24.2 Å². The molecule has 184 valence electrons. The number of carbonyl (C=O) groups is 1. The minimum absolute atomic E-state index is 0.220. The Bertz CT molecular complexity index is 1160. The van der Waals surface area contributed by atoms with E-state index in [4.69, 9.17) is 23.7 Å². The molecule has 0 bridgehead atoms. The lowest BCUT2D eigenvalue weighted by Gasteiger charge is -2.37. The Morgan fingerprint density at radius 1 is 0.800 bits per heavy atom. The van der Waals surface area contributed by atoms with Gasteiger partial charge in [0.1, 0.15) is 6.61 Å². The Labute approximate surface area is 206 Å². The topological polar surface area (TPSA) is 66.5 Å². The van der Waals surface area contributed by atoms with Gasteiger partial charge < -0.3 is 28.6 Å². The van der Waals surface area contributed by atoms with Gasteiger partial charge >= 0.3 is 6.09 Å². The second kappa shape index (κ2) is 11.0. The molecule has 0 aliphatic carbocycles. The van der Waals surface area contributed by atoms with Crippen LogP contribution in [-0.4, -0.2) is 46.0 Å². The van der Waals surface area contributed by atoms with Gasteiger partial charge in [-0.1, -0.05) is 36.4 Å². The molecule has 0 fully saturated rings. The normalized spacial score (nSPS) is 14.6. The molecule has 0 spiro atoms. The summed E-state index contributed by atoms with van der Waals surface area (Å²) in [4.78, 5) is 15.1. The molecule has 1 aliphatic rings. The third-order valence-electron chi connectivity index (χ3n) is 6.32. The predicted molar refractivity (Wildman–Crippen MR) is 133 cm³/mol. The molecule has 1 amide bonds. The number of ether oxygens (including phenoxy) is 5. The van der Waals surface area contributed by atoms with E-state index in [0.29, 0.717) is 42.4 Å². The van der Waals surface area contributed by atoms with Gasteiger partial charge in [-0.25, -0.2) is 4.79 Å². The van der Waals surface area contributed by atoms with Crippen LogP contribution in [0, 0.1) is 0 Å². The van der Waals surface area contributed by atoms with Gasteiger partial charge in [0, 0.05) is 6.54 Å². The zero-order chi connectivity index (χ0) is 24.8. The Hall–Kier alpha value is -3.87. The van der Waals surface area contributed by atoms with E-state index >= 15 is 0 Å². The Morgan fingerprint density at radius 3 is 2.14 bits per heavy atom. The summed E-state index contributed by atoms with van der Waals surface area (Å²) < 4.78 is 27.7. The third kappa shape index (κ3) is 5.29. The molecule has 1 heterocycles. The summed E-state index contributed by atoms with van der Waals surface area (Å²) in [5.74, 6) is 2.61. The van der Waals surface area contributed by atoms with Crippen molar-refractivity contribution in [2.45, 2.75) is 25.5 Å². The van der Waals surface area contributed by atoms with E-state index in [-0.39, 0.29) is 18.7 Å². The van der Waals surface area contributed by atoms with Crippen molar-refractivity contribution in [2.75, 3.05) is 35.0 Å². The van der Waals surface area contributed by atoms with Gasteiger partial charge in [0.15, 0.2) is 23.0 Å². The summed E-state index contributed by atoms with van der Waals surface area (Å²) in [5, 5.41) is 0. The van der Waals surface area contributed by atoms with Crippen molar-refractivity contribution >= 4 is 6.09 Å². The summed E-state index contributed by atoms with van der Waals surface area (Å²) in [5.41, 5.74) is 4.10. The van der Waals surface area contributed by atoms with Crippen molar-refractivity contribution in [3.8, 4) is 23.0 Å². The quantitative estimate of drug-likeness (QED) is 0.444. The smallest absolute Gasteiger partial charge is 0.410 e. The summed E-state index contributed by atoms with van der Waals surface area (Å²) in [6.07, 6.45) is 0.918. The lowest BCUT2D eigenvalue weighted by molar-refractivity contribution is 0.0768. The van der Waals surface area contributed by atoms with Gasteiger partial charge in [-0.3, -0.25) is 0 Å². The molecule has 1 atom stereocenters. The minimum atomic E-state index is -0.347. The van der Waals surface area contributed by atoms with Crippen molar-refractivity contribution in [2.24, 2.45) is 0 Å². The first-order chi connectivity index (χ1) is 17.1. The molecule has 0 N–H and O–H groups in total. The molecule has 4 rings (SSSR count). The summed E-state index contributed by atoms with van der Waals surface area (Å²) in [6, 6.07) is 19.2. The van der Waals surface area contributed by atoms with Crippen molar-refractivity contribution in [3.05, 3.63) is 82.9 Å². The zero-order valence-electron chi connectivity index (χ0n) is 20.6. The number of rotatable bonds is 8. The molecule has 3 aromatic carbocycles. The van der Waals surface area contributed by atoms with Crippen LogP contribution in [0.4, 0.5) is 4.79 Å². The first-order valence-electron chi connectivity index (χ1n) is 11.5. The maximum atomic E-state index is 13.3. The largest absolute Gasteiger partial charge is 0.493 e. The molecule has 1 aliphatic heterocycles. The van der Waals surface area contributed by atoms with Crippen molar-refractivity contribution in [1.29, 1.82) is 0 Å². The summed E-state index contributed by atoms with van der Waals surface area (Å²) in [7, 11) is 6.46. The Kier molecular flexibility index (Phi) is 7.65. The zero-order valence-corrected chi connectivity index (χ0v) is 20.6. The van der Waals surface area contributed by atoms with Crippen LogP contribution in [0.5, 0.6) is 23.0 Å². The maximum absolute atomic E-state index is 13.3. The van der Waals surface area contributed by atoms with Crippen LogP contribution in [0.3, 0.4) is 0 Å². The van der Waals surface area contributed by atoms with Gasteiger partial charge in [-0.2, -0.15) is 0 Å². The highest BCUT2D eigenvalue weighted by molar-refractivity contribution is 5.69. The lowest BCUT2D eigenvalue weighted by Crippen LogP contribution is -2.41. The number of fused-ring (bicyclic) bond motifs is 1. The maximum Gasteiger partial charge on any atom is 0.410 e. The van der Waals surface area contributed by atoms with Crippen LogP contribution < -0.4 is 18.9 Å². The molecule has 7 nitrogen and oxygen atoms in total. The highest BCUT2D eigenvalue weighted by Crippen LogP contribution is 2.40. The van der Waals surface area contributed by atoms with Gasteiger partial charge in [-0.05, 0) is 59.4 Å². The van der Waals surface area contributed by atoms with Gasteiger partial charge in [0.25, 0.3) is 0 Å². The number of hydrogen-bond acceptors (Lipinski definition) is 6. The Morgan fingerprint density at radius 2 is 1.46 bits per heavy atom. The number of methoxy groups -OCH3 is 4. The van der Waals surface area contributed by atoms with Gasteiger partial charge in [0.2, 0.25) is 0 Å². The summed E-state index contributed by atoms with van der Waals surface area (Å²) >= 11 is 0.